The number of nitrogens with zero attached hydrogens (tertiary/aromatic N) is 5. The van der Waals surface area contributed by atoms with Crippen LogP contribution < -0.4 is 14.8 Å². The number of hydrogen-bond acceptors (Lipinski definition) is 8. The van der Waals surface area contributed by atoms with Gasteiger partial charge in [0.1, 0.15) is 17.2 Å². The third kappa shape index (κ3) is 5.73. The number of hydrogen-bond donors (Lipinski definition) is 2. The van der Waals surface area contributed by atoms with Gasteiger partial charge in [-0.3, -0.25) is 9.48 Å². The molecule has 190 valence electrons. The second kappa shape index (κ2) is 10.6. The van der Waals surface area contributed by atoms with Crippen molar-refractivity contribution in [3.63, 3.8) is 0 Å². The molecule has 0 fully saturated rings. The van der Waals surface area contributed by atoms with Crippen LogP contribution in [0.1, 0.15) is 32.1 Å². The molecule has 2 N–H and O–H groups in total. The van der Waals surface area contributed by atoms with Gasteiger partial charge in [-0.2, -0.15) is 9.78 Å². The number of rotatable bonds is 10. The van der Waals surface area contributed by atoms with Gasteiger partial charge in [-0.1, -0.05) is 24.3 Å². The molecule has 13 heteroatoms. The van der Waals surface area contributed by atoms with E-state index in [0.29, 0.717) is 11.5 Å². The quantitative estimate of drug-likeness (QED) is 0.243. The van der Waals surface area contributed by atoms with Crippen molar-refractivity contribution in [1.29, 1.82) is 0 Å². The average molecular weight is 506 g/mol. The molecule has 1 amide bonds. The highest BCUT2D eigenvalue weighted by Gasteiger charge is 2.25. The Labute approximate surface area is 210 Å². The van der Waals surface area contributed by atoms with Crippen LogP contribution in [0.2, 0.25) is 0 Å². The first kappa shape index (κ1) is 24.9. The first-order valence-corrected chi connectivity index (χ1v) is 10.9. The molecule has 0 radical (unpaired) electrons. The molecule has 2 aromatic heterocycles. The molecule has 0 aliphatic carbocycles. The topological polar surface area (TPSA) is 164 Å². The molecule has 0 spiro atoms. The van der Waals surface area contributed by atoms with E-state index in [1.165, 1.54) is 29.6 Å². The van der Waals surface area contributed by atoms with Crippen molar-refractivity contribution >= 4 is 23.5 Å². The summed E-state index contributed by atoms with van der Waals surface area (Å²) in [6.07, 6.45) is 0. The molecule has 2 heterocycles. The van der Waals surface area contributed by atoms with Gasteiger partial charge in [0.2, 0.25) is 0 Å². The summed E-state index contributed by atoms with van der Waals surface area (Å²) in [6, 6.07) is 16.2. The SMILES string of the molecule is COc1ccc(Cn2nc(NC(=O)c3cc([N+](=O)[O-])nn3Cc3ccc(OC)cc3)cc2C(=O)O)cc1. The standard InChI is InChI=1S/C24H22N6O7/c1-36-17-7-3-15(4-8-17)13-28-19(12-22(27-28)30(34)35)23(31)25-21-11-20(24(32)33)29(26-21)14-16-5-9-18(37-2)10-6-16/h3-12H,13-14H2,1-2H3,(H,32,33)(H,25,26,31). The zero-order valence-electron chi connectivity index (χ0n) is 19.8. The maximum absolute atomic E-state index is 13.1. The van der Waals surface area contributed by atoms with E-state index in [4.69, 9.17) is 9.47 Å². The molecule has 0 aliphatic rings. The van der Waals surface area contributed by atoms with E-state index in [1.54, 1.807) is 48.5 Å². The third-order valence-electron chi connectivity index (χ3n) is 5.41. The van der Waals surface area contributed by atoms with Crippen LogP contribution in [0.3, 0.4) is 0 Å². The fourth-order valence-electron chi connectivity index (χ4n) is 3.55. The normalized spacial score (nSPS) is 10.6. The fourth-order valence-corrected chi connectivity index (χ4v) is 3.55. The Bertz CT molecular complexity index is 1440. The molecule has 2 aromatic carbocycles. The Morgan fingerprint density at radius 1 is 0.892 bits per heavy atom. The summed E-state index contributed by atoms with van der Waals surface area (Å²) in [5.41, 5.74) is 1.25. The molecule has 0 unspecified atom stereocenters. The Kier molecular flexibility index (Phi) is 7.14. The highest BCUT2D eigenvalue weighted by molar-refractivity contribution is 6.03. The maximum Gasteiger partial charge on any atom is 0.390 e. The molecule has 0 saturated heterocycles. The molecule has 0 saturated carbocycles. The molecule has 4 rings (SSSR count). The van der Waals surface area contributed by atoms with Crippen LogP contribution in [0.4, 0.5) is 11.6 Å². The van der Waals surface area contributed by atoms with Gasteiger partial charge in [-0.15, -0.1) is 0 Å². The lowest BCUT2D eigenvalue weighted by Gasteiger charge is -2.06. The van der Waals surface area contributed by atoms with Gasteiger partial charge in [-0.25, -0.2) is 4.79 Å². The zero-order valence-corrected chi connectivity index (χ0v) is 19.8. The summed E-state index contributed by atoms with van der Waals surface area (Å²) < 4.78 is 12.7. The lowest BCUT2D eigenvalue weighted by Crippen LogP contribution is -2.18. The second-order valence-electron chi connectivity index (χ2n) is 7.83. The Morgan fingerprint density at radius 2 is 1.41 bits per heavy atom. The van der Waals surface area contributed by atoms with Gasteiger partial charge in [-0.05, 0) is 40.3 Å². The number of carboxylic acid groups (broad SMARTS) is 1. The summed E-state index contributed by atoms with van der Waals surface area (Å²) >= 11 is 0. The van der Waals surface area contributed by atoms with Crippen LogP contribution in [-0.4, -0.2) is 55.7 Å². The van der Waals surface area contributed by atoms with Crippen LogP contribution in [0.5, 0.6) is 11.5 Å². The number of benzene rings is 2. The van der Waals surface area contributed by atoms with Gasteiger partial charge >= 0.3 is 11.8 Å². The van der Waals surface area contributed by atoms with E-state index in [1.807, 2.05) is 0 Å². The van der Waals surface area contributed by atoms with Crippen LogP contribution in [0, 0.1) is 10.1 Å². The number of methoxy groups -OCH3 is 2. The number of aromatic nitrogens is 4. The van der Waals surface area contributed by atoms with E-state index in [0.717, 1.165) is 17.2 Å². The smallest absolute Gasteiger partial charge is 0.390 e. The number of nitrogens with one attached hydrogen (secondary N) is 1. The number of carboxylic acids is 1. The average Bonchev–Trinajstić information content (AvgIpc) is 3.49. The summed E-state index contributed by atoms with van der Waals surface area (Å²) in [5.74, 6) is -1.23. The first-order valence-electron chi connectivity index (χ1n) is 10.9. The largest absolute Gasteiger partial charge is 0.497 e. The van der Waals surface area contributed by atoms with Gasteiger partial charge in [0.25, 0.3) is 5.91 Å². The molecule has 0 aliphatic heterocycles. The van der Waals surface area contributed by atoms with Gasteiger partial charge in [0, 0.05) is 6.07 Å². The van der Waals surface area contributed by atoms with E-state index in [2.05, 4.69) is 15.5 Å². The highest BCUT2D eigenvalue weighted by atomic mass is 16.6. The summed E-state index contributed by atoms with van der Waals surface area (Å²) in [7, 11) is 3.07. The summed E-state index contributed by atoms with van der Waals surface area (Å²) in [6.45, 7) is 0.204. The van der Waals surface area contributed by atoms with Gasteiger partial charge in [0.15, 0.2) is 11.5 Å². The molecular weight excluding hydrogens is 484 g/mol. The number of aromatic carboxylic acids is 1. The molecule has 37 heavy (non-hydrogen) atoms. The minimum absolute atomic E-state index is 0.0317. The van der Waals surface area contributed by atoms with Crippen molar-refractivity contribution in [3.8, 4) is 11.5 Å². The number of amides is 1. The second-order valence-corrected chi connectivity index (χ2v) is 7.83. The van der Waals surface area contributed by atoms with Crippen molar-refractivity contribution in [1.82, 2.24) is 19.6 Å². The Morgan fingerprint density at radius 3 is 1.86 bits per heavy atom. The molecule has 0 bridgehead atoms. The minimum atomic E-state index is -1.23. The predicted molar refractivity (Wildman–Crippen MR) is 130 cm³/mol. The number of carbonyl (C=O) groups excluding carboxylic acids is 1. The fraction of sp³-hybridized carbons (Fsp3) is 0.167. The Balaban J connectivity index is 1.58. The molecular formula is C24H22N6O7. The summed E-state index contributed by atoms with van der Waals surface area (Å²) in [4.78, 5) is 35.4. The summed E-state index contributed by atoms with van der Waals surface area (Å²) in [5, 5.41) is 31.6. The van der Waals surface area contributed by atoms with E-state index >= 15 is 0 Å². The van der Waals surface area contributed by atoms with Crippen LogP contribution in [0.25, 0.3) is 0 Å². The van der Waals surface area contributed by atoms with Crippen LogP contribution in [-0.2, 0) is 13.1 Å². The Hall–Kier alpha value is -5.20. The predicted octanol–water partition coefficient (Wildman–Crippen LogP) is 3.05. The first-order chi connectivity index (χ1) is 17.8. The van der Waals surface area contributed by atoms with Crippen LogP contribution in [0.15, 0.2) is 60.7 Å². The number of ether oxygens (including phenoxy) is 2. The minimum Gasteiger partial charge on any atom is -0.497 e. The van der Waals surface area contributed by atoms with Crippen LogP contribution >= 0.6 is 0 Å². The van der Waals surface area contributed by atoms with E-state index < -0.39 is 22.6 Å². The van der Waals surface area contributed by atoms with Gasteiger partial charge < -0.3 is 30.0 Å². The number of anilines is 1. The van der Waals surface area contributed by atoms with Crippen molar-refractivity contribution < 1.29 is 29.1 Å². The maximum atomic E-state index is 13.1. The van der Waals surface area contributed by atoms with E-state index in [9.17, 15) is 24.8 Å². The van der Waals surface area contributed by atoms with Crippen molar-refractivity contribution in [3.05, 3.63) is 93.3 Å². The zero-order chi connectivity index (χ0) is 26.5. The van der Waals surface area contributed by atoms with Crippen molar-refractivity contribution in [2.45, 2.75) is 13.1 Å². The number of carbonyl (C=O) groups is 2. The lowest BCUT2D eigenvalue weighted by molar-refractivity contribution is -0.389. The molecule has 0 atom stereocenters. The highest BCUT2D eigenvalue weighted by Crippen LogP contribution is 2.19. The molecule has 4 aromatic rings. The monoisotopic (exact) mass is 506 g/mol. The third-order valence-corrected chi connectivity index (χ3v) is 5.41. The lowest BCUT2D eigenvalue weighted by atomic mass is 10.2. The number of nitro groups is 1. The van der Waals surface area contributed by atoms with Crippen molar-refractivity contribution in [2.75, 3.05) is 19.5 Å². The van der Waals surface area contributed by atoms with Gasteiger partial charge in [0.05, 0.1) is 38.5 Å². The molecule has 13 nitrogen and oxygen atoms in total. The van der Waals surface area contributed by atoms with E-state index in [-0.39, 0.29) is 30.3 Å². The van der Waals surface area contributed by atoms with Crippen molar-refractivity contribution in [2.24, 2.45) is 0 Å².